The number of carbonyl (C=O) groups excluding carboxylic acids is 1. The summed E-state index contributed by atoms with van der Waals surface area (Å²) < 4.78 is 39.9. The molecule has 1 aromatic carbocycles. The Hall–Kier alpha value is -3.61. The lowest BCUT2D eigenvalue weighted by Crippen LogP contribution is -2.35. The Bertz CT molecular complexity index is 1100. The summed E-state index contributed by atoms with van der Waals surface area (Å²) in [5.74, 6) is -3.87. The minimum absolute atomic E-state index is 0.0355. The normalized spacial score (nSPS) is 14.6. The van der Waals surface area contributed by atoms with Gasteiger partial charge in [0.2, 0.25) is 5.95 Å². The van der Waals surface area contributed by atoms with Crippen LogP contribution in [0.1, 0.15) is 37.2 Å². The van der Waals surface area contributed by atoms with E-state index in [1.807, 2.05) is 5.32 Å². The number of likely N-dealkylation sites (tertiary alicyclic amines) is 1. The molecule has 1 aliphatic rings. The number of hydrogen-bond donors (Lipinski definition) is 5. The van der Waals surface area contributed by atoms with E-state index < -0.39 is 29.2 Å². The van der Waals surface area contributed by atoms with E-state index in [9.17, 15) is 22.8 Å². The van der Waals surface area contributed by atoms with E-state index in [4.69, 9.17) is 11.5 Å². The maximum Gasteiger partial charge on any atom is 0.326 e. The molecule has 1 fully saturated rings. The predicted octanol–water partition coefficient (Wildman–Crippen LogP) is 2.06. The van der Waals surface area contributed by atoms with Gasteiger partial charge >= 0.3 is 6.03 Å². The highest BCUT2D eigenvalue weighted by Crippen LogP contribution is 2.25. The number of aromatic amines is 1. The van der Waals surface area contributed by atoms with Crippen molar-refractivity contribution in [1.82, 2.24) is 14.9 Å². The van der Waals surface area contributed by atoms with Crippen LogP contribution in [0.2, 0.25) is 0 Å². The summed E-state index contributed by atoms with van der Waals surface area (Å²) in [4.78, 5) is 37.4. The third-order valence-electron chi connectivity index (χ3n) is 5.52. The Morgan fingerprint density at radius 1 is 1.12 bits per heavy atom. The number of nitrogens with zero attached hydrogens (tertiary/aromatic N) is 3. The van der Waals surface area contributed by atoms with Crippen molar-refractivity contribution >= 4 is 23.6 Å². The molecule has 0 aliphatic carbocycles. The van der Waals surface area contributed by atoms with Crippen LogP contribution in [-0.2, 0) is 0 Å². The van der Waals surface area contributed by atoms with Crippen molar-refractivity contribution in [2.24, 2.45) is 16.5 Å². The molecule has 2 aromatic rings. The molecule has 0 spiro atoms. The zero-order valence-corrected chi connectivity index (χ0v) is 18.4. The predicted molar refractivity (Wildman–Crippen MR) is 122 cm³/mol. The molecular weight excluding hydrogens is 453 g/mol. The molecule has 1 aromatic heterocycles. The molecule has 184 valence electrons. The number of carbonyl (C=O) groups is 1. The number of aliphatic imine (C=N–C) groups is 1. The molecule has 0 saturated carbocycles. The van der Waals surface area contributed by atoms with Crippen molar-refractivity contribution in [2.75, 3.05) is 36.8 Å². The minimum atomic E-state index is -1.38. The molecule has 3 rings (SSSR count). The Morgan fingerprint density at radius 3 is 2.50 bits per heavy atom. The van der Waals surface area contributed by atoms with E-state index in [2.05, 4.69) is 25.2 Å². The third kappa shape index (κ3) is 6.94. The highest BCUT2D eigenvalue weighted by Gasteiger charge is 2.23. The number of nitrogens with two attached hydrogens (primary N) is 2. The number of rotatable bonds is 8. The van der Waals surface area contributed by atoms with E-state index in [-0.39, 0.29) is 23.4 Å². The number of nitrogens with one attached hydrogen (secondary N) is 3. The smallest absolute Gasteiger partial charge is 0.326 e. The monoisotopic (exact) mass is 480 g/mol. The first kappa shape index (κ1) is 25.0. The van der Waals surface area contributed by atoms with E-state index in [1.165, 1.54) is 6.20 Å². The second-order valence-corrected chi connectivity index (χ2v) is 7.97. The van der Waals surface area contributed by atoms with Crippen molar-refractivity contribution in [3.8, 4) is 0 Å². The van der Waals surface area contributed by atoms with Gasteiger partial charge < -0.3 is 21.7 Å². The van der Waals surface area contributed by atoms with Gasteiger partial charge in [-0.3, -0.25) is 20.1 Å². The molecule has 34 heavy (non-hydrogen) atoms. The molecule has 0 bridgehead atoms. The van der Waals surface area contributed by atoms with Crippen LogP contribution < -0.4 is 27.7 Å². The number of guanidine groups is 1. The van der Waals surface area contributed by atoms with Gasteiger partial charge in [-0.25, -0.2) is 22.9 Å². The number of hydrogen-bond acceptors (Lipinski definition) is 5. The standard InChI is InChI=1S/C21H27F3N8O2/c22-14-9-16(24)17(10-15(14)23)29-21(34)31-20-28-11-13(18(33)30-20)12-3-7-32(8-4-12)6-2-1-5-27-19(25)26/h9-12H,1-8H2,(H4,25,26,27)(H3,28,29,30,31,33,34). The summed E-state index contributed by atoms with van der Waals surface area (Å²) in [5.41, 5.74) is 10.2. The average Bonchev–Trinajstić information content (AvgIpc) is 2.78. The van der Waals surface area contributed by atoms with Gasteiger partial charge in [-0.05, 0) is 51.2 Å². The Morgan fingerprint density at radius 2 is 1.82 bits per heavy atom. The van der Waals surface area contributed by atoms with Gasteiger partial charge in [0.15, 0.2) is 17.6 Å². The summed E-state index contributed by atoms with van der Waals surface area (Å²) in [6, 6.07) is -0.147. The quantitative estimate of drug-likeness (QED) is 0.169. The number of anilines is 2. The van der Waals surface area contributed by atoms with Gasteiger partial charge in [-0.2, -0.15) is 0 Å². The third-order valence-corrected chi connectivity index (χ3v) is 5.52. The van der Waals surface area contributed by atoms with E-state index in [0.29, 0.717) is 24.2 Å². The van der Waals surface area contributed by atoms with Crippen LogP contribution in [0.4, 0.5) is 29.6 Å². The van der Waals surface area contributed by atoms with Gasteiger partial charge in [0.05, 0.1) is 5.69 Å². The molecule has 2 heterocycles. The highest BCUT2D eigenvalue weighted by molar-refractivity contribution is 5.98. The summed E-state index contributed by atoms with van der Waals surface area (Å²) in [6.45, 7) is 3.22. The van der Waals surface area contributed by atoms with Crippen molar-refractivity contribution < 1.29 is 18.0 Å². The topological polar surface area (TPSA) is 155 Å². The second kappa shape index (κ2) is 11.5. The molecule has 10 nitrogen and oxygen atoms in total. The molecule has 0 unspecified atom stereocenters. The number of piperidine rings is 1. The Labute approximate surface area is 193 Å². The number of aromatic nitrogens is 2. The van der Waals surface area contributed by atoms with Crippen LogP contribution in [0.15, 0.2) is 28.1 Å². The van der Waals surface area contributed by atoms with Gasteiger partial charge in [-0.15, -0.1) is 0 Å². The first-order valence-corrected chi connectivity index (χ1v) is 10.8. The second-order valence-electron chi connectivity index (χ2n) is 7.97. The Kier molecular flexibility index (Phi) is 8.46. The molecule has 1 aliphatic heterocycles. The van der Waals surface area contributed by atoms with Gasteiger partial charge in [0.1, 0.15) is 5.82 Å². The first-order chi connectivity index (χ1) is 16.2. The maximum absolute atomic E-state index is 13.7. The van der Waals surface area contributed by atoms with Crippen LogP contribution in [0.25, 0.3) is 0 Å². The summed E-state index contributed by atoms with van der Waals surface area (Å²) >= 11 is 0. The molecule has 7 N–H and O–H groups in total. The number of amides is 2. The number of benzene rings is 1. The number of halogens is 3. The molecule has 13 heteroatoms. The SMILES string of the molecule is NC(N)=NCCCCN1CCC(c2cnc(NC(=O)Nc3cc(F)c(F)cc3F)[nH]c2=O)CC1. The molecule has 1 saturated heterocycles. The lowest BCUT2D eigenvalue weighted by molar-refractivity contribution is 0.208. The lowest BCUT2D eigenvalue weighted by atomic mass is 9.91. The van der Waals surface area contributed by atoms with Gasteiger partial charge in [0, 0.05) is 30.4 Å². The fraction of sp³-hybridized carbons (Fsp3) is 0.429. The molecule has 0 atom stereocenters. The van der Waals surface area contributed by atoms with Crippen LogP contribution in [0.3, 0.4) is 0 Å². The highest BCUT2D eigenvalue weighted by atomic mass is 19.2. The van der Waals surface area contributed by atoms with Crippen LogP contribution in [0.5, 0.6) is 0 Å². The molecule has 0 radical (unpaired) electrons. The molecule has 2 amide bonds. The number of urea groups is 1. The van der Waals surface area contributed by atoms with Gasteiger partial charge in [0.25, 0.3) is 5.56 Å². The summed E-state index contributed by atoms with van der Waals surface area (Å²) in [6.07, 6.45) is 4.86. The van der Waals surface area contributed by atoms with Crippen LogP contribution >= 0.6 is 0 Å². The first-order valence-electron chi connectivity index (χ1n) is 10.8. The van der Waals surface area contributed by atoms with E-state index in [1.54, 1.807) is 0 Å². The van der Waals surface area contributed by atoms with Crippen molar-refractivity contribution in [3.05, 3.63) is 51.7 Å². The van der Waals surface area contributed by atoms with Crippen LogP contribution in [0, 0.1) is 17.5 Å². The summed E-state index contributed by atoms with van der Waals surface area (Å²) in [5, 5.41) is 4.28. The van der Waals surface area contributed by atoms with Crippen LogP contribution in [-0.4, -0.2) is 53.0 Å². The van der Waals surface area contributed by atoms with E-state index in [0.717, 1.165) is 45.3 Å². The zero-order chi connectivity index (χ0) is 24.7. The largest absolute Gasteiger partial charge is 0.370 e. The fourth-order valence-corrected chi connectivity index (χ4v) is 3.76. The molecular formula is C21H27F3N8O2. The average molecular weight is 480 g/mol. The lowest BCUT2D eigenvalue weighted by Gasteiger charge is -2.31. The fourth-order valence-electron chi connectivity index (χ4n) is 3.76. The van der Waals surface area contributed by atoms with Crippen molar-refractivity contribution in [3.63, 3.8) is 0 Å². The maximum atomic E-state index is 13.7. The zero-order valence-electron chi connectivity index (χ0n) is 18.4. The van der Waals surface area contributed by atoms with E-state index >= 15 is 0 Å². The van der Waals surface area contributed by atoms with Crippen molar-refractivity contribution in [2.45, 2.75) is 31.6 Å². The number of H-pyrrole nitrogens is 1. The minimum Gasteiger partial charge on any atom is -0.370 e. The van der Waals surface area contributed by atoms with Crippen molar-refractivity contribution in [1.29, 1.82) is 0 Å². The number of unbranched alkanes of at least 4 members (excludes halogenated alkanes) is 1. The summed E-state index contributed by atoms with van der Waals surface area (Å²) in [7, 11) is 0. The van der Waals surface area contributed by atoms with Gasteiger partial charge in [-0.1, -0.05) is 0 Å². The Balaban J connectivity index is 1.50.